The number of halogens is 3. The summed E-state index contributed by atoms with van der Waals surface area (Å²) < 4.78 is 37.7. The van der Waals surface area contributed by atoms with Crippen LogP contribution in [0.1, 0.15) is 25.3 Å². The smallest absolute Gasteiger partial charge is 0.265 e. The van der Waals surface area contributed by atoms with E-state index >= 15 is 0 Å². The van der Waals surface area contributed by atoms with E-state index in [4.69, 9.17) is 21.1 Å². The second-order valence-corrected chi connectivity index (χ2v) is 8.04. The summed E-state index contributed by atoms with van der Waals surface area (Å²) in [6.07, 6.45) is -0.873. The van der Waals surface area contributed by atoms with Crippen molar-refractivity contribution in [1.29, 1.82) is 0 Å². The zero-order valence-corrected chi connectivity index (χ0v) is 18.9. The number of hydrogen-bond donors (Lipinski definition) is 3. The van der Waals surface area contributed by atoms with Gasteiger partial charge in [-0.1, -0.05) is 23.3 Å². The normalized spacial score (nSPS) is 16.7. The maximum atomic E-state index is 13.5. The van der Waals surface area contributed by atoms with Crippen molar-refractivity contribution < 1.29 is 33.1 Å². The van der Waals surface area contributed by atoms with E-state index in [2.05, 4.69) is 22.4 Å². The largest absolute Gasteiger partial charge is 0.484 e. The maximum Gasteiger partial charge on any atom is 0.265 e. The molecule has 2 amide bonds. The number of amides is 2. The van der Waals surface area contributed by atoms with Gasteiger partial charge in [0.2, 0.25) is 0 Å². The van der Waals surface area contributed by atoms with Crippen molar-refractivity contribution in [1.82, 2.24) is 10.6 Å². The number of hydrogen-bond acceptors (Lipinski definition) is 6. The molecule has 1 aliphatic heterocycles. The van der Waals surface area contributed by atoms with Gasteiger partial charge in [0.05, 0.1) is 10.7 Å². The molecule has 0 bridgehead atoms. The Bertz CT molecular complexity index is 1140. The Morgan fingerprint density at radius 2 is 2.09 bits per heavy atom. The van der Waals surface area contributed by atoms with Gasteiger partial charge in [-0.2, -0.15) is 0 Å². The molecule has 3 rings (SSSR count). The maximum absolute atomic E-state index is 13.5. The number of oxime groups is 1. The lowest BCUT2D eigenvalue weighted by Crippen LogP contribution is -2.43. The summed E-state index contributed by atoms with van der Waals surface area (Å²) in [7, 11) is 0. The lowest BCUT2D eigenvalue weighted by Gasteiger charge is -2.26. The van der Waals surface area contributed by atoms with Crippen LogP contribution >= 0.6 is 11.6 Å². The van der Waals surface area contributed by atoms with Crippen molar-refractivity contribution in [2.75, 3.05) is 6.61 Å². The van der Waals surface area contributed by atoms with E-state index in [9.17, 15) is 23.6 Å². The molecular weight excluding hydrogens is 472 g/mol. The summed E-state index contributed by atoms with van der Waals surface area (Å²) in [5, 5.41) is 17.6. The lowest BCUT2D eigenvalue weighted by atomic mass is 9.99. The molecule has 0 fully saturated rings. The molecule has 2 aromatic carbocycles. The Hall–Kier alpha value is -3.66. The first kappa shape index (κ1) is 25.0. The minimum absolute atomic E-state index is 0.0532. The third kappa shape index (κ3) is 6.44. The van der Waals surface area contributed by atoms with E-state index < -0.39 is 35.6 Å². The molecule has 1 heterocycles. The Morgan fingerprint density at radius 3 is 2.79 bits per heavy atom. The molecule has 0 saturated heterocycles. The van der Waals surface area contributed by atoms with E-state index in [1.165, 1.54) is 24.3 Å². The highest BCUT2D eigenvalue weighted by Gasteiger charge is 2.31. The third-order valence-corrected chi connectivity index (χ3v) is 5.14. The van der Waals surface area contributed by atoms with Crippen LogP contribution in [0.2, 0.25) is 5.02 Å². The molecule has 2 unspecified atom stereocenters. The van der Waals surface area contributed by atoms with Gasteiger partial charge in [-0.05, 0) is 37.3 Å². The highest BCUT2D eigenvalue weighted by Crippen LogP contribution is 2.29. The average Bonchev–Trinajstić information content (AvgIpc) is 2.78. The van der Waals surface area contributed by atoms with Crippen molar-refractivity contribution in [3.8, 4) is 11.5 Å². The summed E-state index contributed by atoms with van der Waals surface area (Å²) >= 11 is 5.60. The Labute approximate surface area is 199 Å². The quantitative estimate of drug-likeness (QED) is 0.385. The topological polar surface area (TPSA) is 109 Å². The van der Waals surface area contributed by atoms with E-state index in [-0.39, 0.29) is 47.2 Å². The number of benzene rings is 2. The van der Waals surface area contributed by atoms with Crippen molar-refractivity contribution in [2.24, 2.45) is 5.16 Å². The molecule has 180 valence electrons. The van der Waals surface area contributed by atoms with E-state index in [1.54, 1.807) is 6.92 Å². The third-order valence-electron chi connectivity index (χ3n) is 4.83. The Balaban J connectivity index is 1.47. The number of carbonyl (C=O) groups is 2. The van der Waals surface area contributed by atoms with Crippen molar-refractivity contribution in [2.45, 2.75) is 31.9 Å². The molecule has 0 spiro atoms. The van der Waals surface area contributed by atoms with Gasteiger partial charge in [-0.25, -0.2) is 8.78 Å². The van der Waals surface area contributed by atoms with Crippen LogP contribution in [0.5, 0.6) is 11.5 Å². The fourth-order valence-electron chi connectivity index (χ4n) is 3.31. The average molecular weight is 494 g/mol. The predicted octanol–water partition coefficient (Wildman–Crippen LogP) is 3.55. The highest BCUT2D eigenvalue weighted by molar-refractivity contribution is 6.30. The molecule has 0 aromatic heterocycles. The highest BCUT2D eigenvalue weighted by atomic mass is 35.5. The number of nitrogens with zero attached hydrogens (tertiary/aromatic N) is 1. The van der Waals surface area contributed by atoms with Gasteiger partial charge in [0.1, 0.15) is 23.1 Å². The van der Waals surface area contributed by atoms with Gasteiger partial charge in [-0.3, -0.25) is 9.59 Å². The van der Waals surface area contributed by atoms with Gasteiger partial charge in [-0.15, -0.1) is 0 Å². The van der Waals surface area contributed by atoms with E-state index in [0.717, 1.165) is 12.1 Å². The van der Waals surface area contributed by atoms with Crippen LogP contribution in [-0.2, 0) is 9.59 Å². The van der Waals surface area contributed by atoms with Gasteiger partial charge in [0.15, 0.2) is 12.7 Å². The molecular formula is C23H22ClF2N3O5. The summed E-state index contributed by atoms with van der Waals surface area (Å²) in [5.41, 5.74) is 0.701. The number of fused-ring (bicyclic) bond motifs is 1. The van der Waals surface area contributed by atoms with Crippen LogP contribution in [-0.4, -0.2) is 41.5 Å². The van der Waals surface area contributed by atoms with Crippen LogP contribution in [0.15, 0.2) is 53.8 Å². The molecule has 11 heteroatoms. The molecule has 2 atom stereocenters. The van der Waals surface area contributed by atoms with E-state index in [0.29, 0.717) is 5.70 Å². The first-order chi connectivity index (χ1) is 16.2. The molecule has 2 aromatic rings. The minimum Gasteiger partial charge on any atom is -0.484 e. The van der Waals surface area contributed by atoms with Crippen LogP contribution < -0.4 is 20.1 Å². The number of nitrogens with one attached hydrogen (secondary N) is 2. The molecule has 3 N–H and O–H groups in total. The van der Waals surface area contributed by atoms with Gasteiger partial charge >= 0.3 is 0 Å². The molecule has 1 aliphatic rings. The second-order valence-electron chi connectivity index (χ2n) is 7.63. The first-order valence-corrected chi connectivity index (χ1v) is 10.6. The summed E-state index contributed by atoms with van der Waals surface area (Å²) in [4.78, 5) is 24.7. The van der Waals surface area contributed by atoms with Crippen LogP contribution in [0.25, 0.3) is 0 Å². The molecule has 0 radical (unpaired) electrons. The molecule has 8 nitrogen and oxygen atoms in total. The van der Waals surface area contributed by atoms with Gasteiger partial charge in [0, 0.05) is 36.2 Å². The minimum atomic E-state index is -1.02. The van der Waals surface area contributed by atoms with Crippen LogP contribution in [0.4, 0.5) is 8.78 Å². The summed E-state index contributed by atoms with van der Waals surface area (Å²) in [6.45, 7) is 5.15. The van der Waals surface area contributed by atoms with Crippen LogP contribution in [0.3, 0.4) is 0 Å². The zero-order chi connectivity index (χ0) is 24.8. The fraction of sp³-hybridized carbons (Fsp3) is 0.261. The van der Waals surface area contributed by atoms with E-state index in [1.807, 2.05) is 0 Å². The van der Waals surface area contributed by atoms with Gasteiger partial charge in [0.25, 0.3) is 11.8 Å². The molecule has 34 heavy (non-hydrogen) atoms. The number of rotatable bonds is 8. The fourth-order valence-corrected chi connectivity index (χ4v) is 3.43. The summed E-state index contributed by atoms with van der Waals surface area (Å²) in [5.74, 6) is -1.80. The summed E-state index contributed by atoms with van der Waals surface area (Å²) in [6, 6.07) is 7.11. The van der Waals surface area contributed by atoms with Crippen LogP contribution in [0, 0.1) is 11.6 Å². The lowest BCUT2D eigenvalue weighted by molar-refractivity contribution is -0.127. The molecule has 0 aliphatic carbocycles. The van der Waals surface area contributed by atoms with Gasteiger partial charge < -0.3 is 25.3 Å². The zero-order valence-electron chi connectivity index (χ0n) is 18.1. The number of ether oxygens (including phenoxy) is 2. The standard InChI is InChI=1S/C23H22ClF2N3O5/c1-12(27-22(30)11-33-15-4-5-17(24)18(26)9-15)7-13(2)28-23(31)21-10-19(29-32)16-8-14(25)3-6-20(16)34-21/h3-6,8-9,12,21,32H,2,7,10-11H2,1H3,(H,27,30)(H,28,31)/b29-19+. The van der Waals surface area contributed by atoms with Crippen molar-refractivity contribution in [3.05, 3.63) is 70.9 Å². The SMILES string of the molecule is C=C(CC(C)NC(=O)COc1ccc(Cl)c(F)c1)NC(=O)C1C/C(=N\O)c2cc(F)ccc2O1. The Kier molecular flexibility index (Phi) is 8.06. The first-order valence-electron chi connectivity index (χ1n) is 10.2. The van der Waals surface area contributed by atoms with Crippen molar-refractivity contribution in [3.63, 3.8) is 0 Å². The van der Waals surface area contributed by atoms with Crippen molar-refractivity contribution >= 4 is 29.1 Å². The predicted molar refractivity (Wildman–Crippen MR) is 120 cm³/mol. The number of carbonyl (C=O) groups excluding carboxylic acids is 2. The second kappa shape index (κ2) is 11.0. The molecule has 0 saturated carbocycles. The Morgan fingerprint density at radius 1 is 1.32 bits per heavy atom. The monoisotopic (exact) mass is 493 g/mol.